The Morgan fingerprint density at radius 1 is 1.43 bits per heavy atom. The Kier molecular flexibility index (Phi) is 4.66. The molecule has 6 nitrogen and oxygen atoms in total. The fraction of sp³-hybridized carbons (Fsp3) is 0.312. The average Bonchev–Trinajstić information content (AvgIpc) is 2.52. The second-order valence-electron chi connectivity index (χ2n) is 5.30. The second-order valence-corrected chi connectivity index (χ2v) is 6.24. The largest absolute Gasteiger partial charge is 0.493 e. The molecule has 3 N–H and O–H groups in total. The number of carbonyl (C=O) groups excluding carboxylic acids is 1. The Morgan fingerprint density at radius 3 is 3.09 bits per heavy atom. The maximum absolute atomic E-state index is 12.2. The highest BCUT2D eigenvalue weighted by Crippen LogP contribution is 2.31. The number of rotatable bonds is 4. The number of thioether (sulfide) groups is 1. The van der Waals surface area contributed by atoms with Crippen LogP contribution in [0.4, 0.5) is 5.82 Å². The Morgan fingerprint density at radius 2 is 2.26 bits per heavy atom. The monoisotopic (exact) mass is 330 g/mol. The van der Waals surface area contributed by atoms with Crippen molar-refractivity contribution in [2.75, 3.05) is 18.1 Å². The fourth-order valence-electron chi connectivity index (χ4n) is 2.49. The van der Waals surface area contributed by atoms with Gasteiger partial charge in [0, 0.05) is 23.7 Å². The first-order valence-corrected chi connectivity index (χ1v) is 8.35. The highest BCUT2D eigenvalue weighted by Gasteiger charge is 2.22. The predicted octanol–water partition coefficient (Wildman–Crippen LogP) is 2.10. The Bertz CT molecular complexity index is 703. The smallest absolute Gasteiger partial charge is 0.230 e. The Hall–Kier alpha value is -2.28. The molecule has 0 radical (unpaired) electrons. The quantitative estimate of drug-likeness (QED) is 0.659. The number of aryl methyl sites for hydroxylation is 1. The summed E-state index contributed by atoms with van der Waals surface area (Å²) in [6.07, 6.45) is 0.765. The average molecular weight is 330 g/mol. The minimum absolute atomic E-state index is 0.0171. The van der Waals surface area contributed by atoms with Crippen LogP contribution in [-0.2, 0) is 4.79 Å². The van der Waals surface area contributed by atoms with Gasteiger partial charge >= 0.3 is 0 Å². The zero-order valence-electron chi connectivity index (χ0n) is 12.8. The van der Waals surface area contributed by atoms with Crippen molar-refractivity contribution in [2.45, 2.75) is 24.5 Å². The second kappa shape index (κ2) is 6.87. The van der Waals surface area contributed by atoms with Gasteiger partial charge < -0.3 is 15.8 Å². The molecule has 2 heterocycles. The predicted molar refractivity (Wildman–Crippen MR) is 89.3 cm³/mol. The highest BCUT2D eigenvalue weighted by atomic mass is 32.2. The van der Waals surface area contributed by atoms with Crippen molar-refractivity contribution in [1.29, 1.82) is 0 Å². The van der Waals surface area contributed by atoms with Crippen LogP contribution in [0.25, 0.3) is 0 Å². The van der Waals surface area contributed by atoms with Crippen LogP contribution in [0.3, 0.4) is 0 Å². The third-order valence-corrected chi connectivity index (χ3v) is 4.33. The van der Waals surface area contributed by atoms with Gasteiger partial charge in [0.2, 0.25) is 5.91 Å². The lowest BCUT2D eigenvalue weighted by Crippen LogP contribution is -2.33. The van der Waals surface area contributed by atoms with Crippen LogP contribution in [0.5, 0.6) is 5.75 Å². The van der Waals surface area contributed by atoms with Gasteiger partial charge in [-0.1, -0.05) is 30.0 Å². The topological polar surface area (TPSA) is 90.1 Å². The molecule has 1 aliphatic rings. The number of anilines is 1. The van der Waals surface area contributed by atoms with E-state index in [1.165, 1.54) is 11.8 Å². The van der Waals surface area contributed by atoms with Crippen molar-refractivity contribution < 1.29 is 9.53 Å². The number of benzene rings is 1. The summed E-state index contributed by atoms with van der Waals surface area (Å²) in [5.74, 6) is 1.45. The summed E-state index contributed by atoms with van der Waals surface area (Å²) in [4.78, 5) is 20.6. The number of hydrogen-bond donors (Lipinski definition) is 2. The van der Waals surface area contributed by atoms with Gasteiger partial charge in [-0.05, 0) is 13.0 Å². The number of hydrogen-bond acceptors (Lipinski definition) is 6. The molecule has 7 heteroatoms. The number of nitrogens with two attached hydrogens (primary N) is 1. The number of ether oxygens (including phenoxy) is 1. The number of amides is 1. The van der Waals surface area contributed by atoms with Crippen LogP contribution < -0.4 is 15.8 Å². The summed E-state index contributed by atoms with van der Waals surface area (Å²) >= 11 is 1.28. The molecule has 0 spiro atoms. The molecule has 1 atom stereocenters. The maximum atomic E-state index is 12.2. The molecule has 23 heavy (non-hydrogen) atoms. The normalized spacial score (nSPS) is 16.3. The number of fused-ring (bicyclic) bond motifs is 1. The van der Waals surface area contributed by atoms with Crippen molar-refractivity contribution in [3.8, 4) is 5.75 Å². The summed E-state index contributed by atoms with van der Waals surface area (Å²) in [5.41, 5.74) is 7.50. The van der Waals surface area contributed by atoms with Crippen LogP contribution >= 0.6 is 11.8 Å². The van der Waals surface area contributed by atoms with Crippen LogP contribution in [0, 0.1) is 6.92 Å². The molecule has 1 aromatic carbocycles. The van der Waals surface area contributed by atoms with Gasteiger partial charge in [-0.25, -0.2) is 9.97 Å². The Balaban J connectivity index is 1.60. The van der Waals surface area contributed by atoms with E-state index in [0.717, 1.165) is 23.4 Å². The van der Waals surface area contributed by atoms with Gasteiger partial charge in [0.15, 0.2) is 5.16 Å². The summed E-state index contributed by atoms with van der Waals surface area (Å²) in [6.45, 7) is 2.45. The molecule has 120 valence electrons. The minimum atomic E-state index is -0.0552. The Labute approximate surface area is 138 Å². The van der Waals surface area contributed by atoms with Gasteiger partial charge in [0.1, 0.15) is 11.6 Å². The van der Waals surface area contributed by atoms with E-state index in [1.54, 1.807) is 6.07 Å². The molecule has 0 unspecified atom stereocenters. The molecular formula is C16H18N4O2S. The first-order chi connectivity index (χ1) is 11.1. The van der Waals surface area contributed by atoms with E-state index in [4.69, 9.17) is 10.5 Å². The van der Waals surface area contributed by atoms with Crippen LogP contribution in [0.2, 0.25) is 0 Å². The molecule has 3 rings (SSSR count). The van der Waals surface area contributed by atoms with Gasteiger partial charge in [0.05, 0.1) is 18.4 Å². The molecule has 2 aromatic rings. The van der Waals surface area contributed by atoms with E-state index in [9.17, 15) is 4.79 Å². The van der Waals surface area contributed by atoms with E-state index in [-0.39, 0.29) is 17.7 Å². The van der Waals surface area contributed by atoms with Crippen LogP contribution in [0.15, 0.2) is 35.5 Å². The van der Waals surface area contributed by atoms with Crippen molar-refractivity contribution in [3.05, 3.63) is 41.6 Å². The highest BCUT2D eigenvalue weighted by molar-refractivity contribution is 7.99. The molecule has 1 aromatic heterocycles. The van der Waals surface area contributed by atoms with Crippen molar-refractivity contribution >= 4 is 23.5 Å². The number of carbonyl (C=O) groups is 1. The van der Waals surface area contributed by atoms with E-state index < -0.39 is 0 Å². The number of nitrogens with one attached hydrogen (secondary N) is 1. The first kappa shape index (κ1) is 15.6. The number of nitrogen functional groups attached to an aromatic ring is 1. The lowest BCUT2D eigenvalue weighted by Gasteiger charge is -2.26. The molecule has 0 saturated carbocycles. The number of nitrogens with zero attached hydrogens (tertiary/aromatic N) is 2. The summed E-state index contributed by atoms with van der Waals surface area (Å²) in [7, 11) is 0. The fourth-order valence-corrected chi connectivity index (χ4v) is 3.21. The lowest BCUT2D eigenvalue weighted by atomic mass is 10.0. The molecule has 1 aliphatic heterocycles. The third-order valence-electron chi connectivity index (χ3n) is 3.48. The molecule has 0 bridgehead atoms. The standard InChI is InChI=1S/C16H18N4O2S/c1-10-8-14(17)20-16(18-10)23-9-15(21)19-12-6-7-22-13-5-3-2-4-11(12)13/h2-5,8,12H,6-7,9H2,1H3,(H,19,21)(H2,17,18,20)/t12-/m0/s1. The van der Waals surface area contributed by atoms with Gasteiger partial charge in [-0.3, -0.25) is 4.79 Å². The molecule has 0 aliphatic carbocycles. The molecule has 1 amide bonds. The summed E-state index contributed by atoms with van der Waals surface area (Å²) < 4.78 is 5.60. The number of para-hydroxylation sites is 1. The lowest BCUT2D eigenvalue weighted by molar-refractivity contribution is -0.119. The molecule has 0 fully saturated rings. The zero-order chi connectivity index (χ0) is 16.2. The van der Waals surface area contributed by atoms with E-state index in [1.807, 2.05) is 31.2 Å². The first-order valence-electron chi connectivity index (χ1n) is 7.37. The van der Waals surface area contributed by atoms with Crippen molar-refractivity contribution in [2.24, 2.45) is 0 Å². The number of aromatic nitrogens is 2. The van der Waals surface area contributed by atoms with Crippen molar-refractivity contribution in [1.82, 2.24) is 15.3 Å². The van der Waals surface area contributed by atoms with Crippen LogP contribution in [-0.4, -0.2) is 28.2 Å². The van der Waals surface area contributed by atoms with Gasteiger partial charge in [-0.2, -0.15) is 0 Å². The van der Waals surface area contributed by atoms with E-state index in [0.29, 0.717) is 17.6 Å². The van der Waals surface area contributed by atoms with Gasteiger partial charge in [-0.15, -0.1) is 0 Å². The third kappa shape index (κ3) is 3.92. The summed E-state index contributed by atoms with van der Waals surface area (Å²) in [5, 5.41) is 3.57. The SMILES string of the molecule is Cc1cc(N)nc(SCC(=O)N[C@H]2CCOc3ccccc32)n1. The molecular weight excluding hydrogens is 312 g/mol. The summed E-state index contributed by atoms with van der Waals surface area (Å²) in [6, 6.07) is 9.46. The zero-order valence-corrected chi connectivity index (χ0v) is 13.6. The van der Waals surface area contributed by atoms with E-state index in [2.05, 4.69) is 15.3 Å². The molecule has 0 saturated heterocycles. The van der Waals surface area contributed by atoms with E-state index >= 15 is 0 Å². The van der Waals surface area contributed by atoms with Gasteiger partial charge in [0.25, 0.3) is 0 Å². The van der Waals surface area contributed by atoms with Crippen molar-refractivity contribution in [3.63, 3.8) is 0 Å². The van der Waals surface area contributed by atoms with Crippen LogP contribution in [0.1, 0.15) is 23.7 Å². The maximum Gasteiger partial charge on any atom is 0.230 e. The minimum Gasteiger partial charge on any atom is -0.493 e.